The largest absolute Gasteiger partial charge is 0.507 e. The zero-order chi connectivity index (χ0) is 14.3. The maximum absolute atomic E-state index is 10.5. The van der Waals surface area contributed by atoms with Crippen LogP contribution in [0.1, 0.15) is 20.7 Å². The second-order valence-electron chi connectivity index (χ2n) is 3.55. The average Bonchev–Trinajstić information content (AvgIpc) is 2.40. The quantitative estimate of drug-likeness (QED) is 0.766. The lowest BCUT2D eigenvalue weighted by molar-refractivity contribution is 0.0696. The fourth-order valence-corrected chi connectivity index (χ4v) is 1.26. The van der Waals surface area contributed by atoms with Crippen LogP contribution in [0, 0.1) is 0 Å². The van der Waals surface area contributed by atoms with Gasteiger partial charge in [-0.25, -0.2) is 4.79 Å². The van der Waals surface area contributed by atoms with Gasteiger partial charge in [-0.3, -0.25) is 4.79 Å². The summed E-state index contributed by atoms with van der Waals surface area (Å²) in [5.74, 6) is -1.57. The van der Waals surface area contributed by atoms with E-state index in [9.17, 15) is 9.59 Å². The summed E-state index contributed by atoms with van der Waals surface area (Å²) in [6.45, 7) is 0. The molecule has 5 nitrogen and oxygen atoms in total. The number of rotatable bonds is 2. The summed E-state index contributed by atoms with van der Waals surface area (Å²) in [5, 5.41) is 17.4. The molecule has 1 amide bonds. The van der Waals surface area contributed by atoms with E-state index in [0.717, 1.165) is 0 Å². The Labute approximate surface area is 109 Å². The van der Waals surface area contributed by atoms with Gasteiger partial charge in [0, 0.05) is 0 Å². The van der Waals surface area contributed by atoms with Gasteiger partial charge in [0.15, 0.2) is 0 Å². The molecule has 0 aliphatic heterocycles. The summed E-state index contributed by atoms with van der Waals surface area (Å²) in [5.41, 5.74) is 5.40. The lowest BCUT2D eigenvalue weighted by Crippen LogP contribution is -2.10. The molecule has 0 atom stereocenters. The van der Waals surface area contributed by atoms with Crippen molar-refractivity contribution >= 4 is 11.9 Å². The molecule has 0 bridgehead atoms. The molecule has 0 aliphatic rings. The Morgan fingerprint density at radius 2 is 1.42 bits per heavy atom. The smallest absolute Gasteiger partial charge is 0.335 e. The first-order valence-corrected chi connectivity index (χ1v) is 5.38. The van der Waals surface area contributed by atoms with Crippen LogP contribution in [0.5, 0.6) is 5.75 Å². The highest BCUT2D eigenvalue weighted by atomic mass is 16.4. The third kappa shape index (κ3) is 4.51. The third-order valence-electron chi connectivity index (χ3n) is 2.19. The summed E-state index contributed by atoms with van der Waals surface area (Å²) in [6, 6.07) is 14.4. The number of nitrogens with two attached hydrogens (primary N) is 1. The molecule has 0 aliphatic carbocycles. The molecule has 0 spiro atoms. The van der Waals surface area contributed by atoms with E-state index < -0.39 is 11.9 Å². The number of primary amides is 1. The van der Waals surface area contributed by atoms with Crippen LogP contribution in [0.3, 0.4) is 0 Å². The molecule has 0 fully saturated rings. The Kier molecular flexibility index (Phi) is 5.10. The van der Waals surface area contributed by atoms with Crippen LogP contribution in [0.2, 0.25) is 0 Å². The van der Waals surface area contributed by atoms with E-state index >= 15 is 0 Å². The van der Waals surface area contributed by atoms with Crippen molar-refractivity contribution in [2.45, 2.75) is 0 Å². The first-order valence-electron chi connectivity index (χ1n) is 5.38. The van der Waals surface area contributed by atoms with Gasteiger partial charge in [0.25, 0.3) is 5.91 Å². The van der Waals surface area contributed by atoms with E-state index in [1.807, 2.05) is 0 Å². The van der Waals surface area contributed by atoms with E-state index in [0.29, 0.717) is 5.56 Å². The molecule has 0 heterocycles. The molecule has 19 heavy (non-hydrogen) atoms. The molecule has 0 saturated carbocycles. The minimum atomic E-state index is -0.879. The second-order valence-corrected chi connectivity index (χ2v) is 3.55. The van der Waals surface area contributed by atoms with Crippen LogP contribution in [-0.2, 0) is 0 Å². The van der Waals surface area contributed by atoms with Crippen molar-refractivity contribution in [3.8, 4) is 5.75 Å². The molecule has 2 aromatic rings. The van der Waals surface area contributed by atoms with Gasteiger partial charge in [-0.15, -0.1) is 0 Å². The second kappa shape index (κ2) is 6.80. The van der Waals surface area contributed by atoms with Crippen LogP contribution >= 0.6 is 0 Å². The van der Waals surface area contributed by atoms with Crippen molar-refractivity contribution < 1.29 is 19.8 Å². The van der Waals surface area contributed by atoms with Crippen molar-refractivity contribution in [2.75, 3.05) is 0 Å². The molecular weight excluding hydrogens is 246 g/mol. The highest BCUT2D eigenvalue weighted by Gasteiger charge is 2.03. The van der Waals surface area contributed by atoms with E-state index in [-0.39, 0.29) is 11.3 Å². The highest BCUT2D eigenvalue weighted by molar-refractivity contribution is 5.95. The summed E-state index contributed by atoms with van der Waals surface area (Å²) < 4.78 is 0. The minimum absolute atomic E-state index is 0.0741. The highest BCUT2D eigenvalue weighted by Crippen LogP contribution is 2.13. The number of carboxylic acid groups (broad SMARTS) is 1. The molecular formula is C14H13NO4. The number of benzene rings is 2. The molecule has 2 aromatic carbocycles. The van der Waals surface area contributed by atoms with E-state index in [4.69, 9.17) is 15.9 Å². The fourth-order valence-electron chi connectivity index (χ4n) is 1.26. The average molecular weight is 259 g/mol. The Hall–Kier alpha value is -2.82. The number of aromatic hydroxyl groups is 1. The Morgan fingerprint density at radius 1 is 0.895 bits per heavy atom. The van der Waals surface area contributed by atoms with Gasteiger partial charge in [0.1, 0.15) is 5.75 Å². The van der Waals surface area contributed by atoms with Crippen molar-refractivity contribution in [3.05, 3.63) is 65.7 Å². The lowest BCUT2D eigenvalue weighted by Gasteiger charge is -1.96. The first kappa shape index (κ1) is 14.2. The summed E-state index contributed by atoms with van der Waals surface area (Å²) in [7, 11) is 0. The molecule has 0 saturated heterocycles. The van der Waals surface area contributed by atoms with Crippen molar-refractivity contribution in [3.63, 3.8) is 0 Å². The third-order valence-corrected chi connectivity index (χ3v) is 2.19. The Bertz CT molecular complexity index is 567. The predicted octanol–water partition coefficient (Wildman–Crippen LogP) is 1.88. The van der Waals surface area contributed by atoms with Gasteiger partial charge in [0.05, 0.1) is 11.1 Å². The van der Waals surface area contributed by atoms with Crippen molar-refractivity contribution in [2.24, 2.45) is 5.73 Å². The van der Waals surface area contributed by atoms with Crippen molar-refractivity contribution in [1.29, 1.82) is 0 Å². The molecule has 2 rings (SSSR count). The number of aromatic carboxylic acids is 1. The first-order chi connectivity index (χ1) is 9.02. The minimum Gasteiger partial charge on any atom is -0.507 e. The summed E-state index contributed by atoms with van der Waals surface area (Å²) >= 11 is 0. The topological polar surface area (TPSA) is 101 Å². The SMILES string of the molecule is NC(=O)c1ccccc1O.O=C(O)c1ccccc1. The Morgan fingerprint density at radius 3 is 1.79 bits per heavy atom. The van der Waals surface area contributed by atoms with E-state index in [1.54, 1.807) is 42.5 Å². The number of carbonyl (C=O) groups is 2. The van der Waals surface area contributed by atoms with Gasteiger partial charge >= 0.3 is 5.97 Å². The molecule has 98 valence electrons. The molecule has 4 N–H and O–H groups in total. The standard InChI is InChI=1S/C7H7NO2.C7H6O2/c8-7(10)5-3-1-2-4-6(5)9;8-7(9)6-4-2-1-3-5-6/h1-4,9H,(H2,8,10);1-5H,(H,8,9). The van der Waals surface area contributed by atoms with Gasteiger partial charge in [0.2, 0.25) is 0 Å². The van der Waals surface area contributed by atoms with E-state index in [2.05, 4.69) is 0 Å². The zero-order valence-electron chi connectivity index (χ0n) is 9.98. The number of phenols is 1. The van der Waals surface area contributed by atoms with Gasteiger partial charge in [-0.1, -0.05) is 30.3 Å². The normalized spacial score (nSPS) is 9.05. The van der Waals surface area contributed by atoms with Gasteiger partial charge in [-0.05, 0) is 24.3 Å². The number of amides is 1. The molecule has 0 aromatic heterocycles. The monoisotopic (exact) mass is 259 g/mol. The maximum atomic E-state index is 10.5. The molecule has 5 heteroatoms. The lowest BCUT2D eigenvalue weighted by atomic mass is 10.2. The number of hydrogen-bond donors (Lipinski definition) is 3. The predicted molar refractivity (Wildman–Crippen MR) is 70.0 cm³/mol. The van der Waals surface area contributed by atoms with Gasteiger partial charge in [-0.2, -0.15) is 0 Å². The van der Waals surface area contributed by atoms with Crippen LogP contribution in [0.25, 0.3) is 0 Å². The molecule has 0 unspecified atom stereocenters. The number of para-hydroxylation sites is 1. The number of carboxylic acids is 1. The van der Waals surface area contributed by atoms with E-state index in [1.165, 1.54) is 12.1 Å². The van der Waals surface area contributed by atoms with Gasteiger partial charge < -0.3 is 15.9 Å². The summed E-state index contributed by atoms with van der Waals surface area (Å²) in [6.07, 6.45) is 0. The van der Waals surface area contributed by atoms with Crippen LogP contribution in [-0.4, -0.2) is 22.1 Å². The number of carbonyl (C=O) groups excluding carboxylic acids is 1. The fraction of sp³-hybridized carbons (Fsp3) is 0. The van der Waals surface area contributed by atoms with Crippen LogP contribution in [0.4, 0.5) is 0 Å². The molecule has 0 radical (unpaired) electrons. The Balaban J connectivity index is 0.000000191. The summed E-state index contributed by atoms with van der Waals surface area (Å²) in [4.78, 5) is 20.7. The zero-order valence-corrected chi connectivity index (χ0v) is 9.98. The van der Waals surface area contributed by atoms with Crippen LogP contribution < -0.4 is 5.73 Å². The van der Waals surface area contributed by atoms with Crippen LogP contribution in [0.15, 0.2) is 54.6 Å². The number of hydrogen-bond acceptors (Lipinski definition) is 3. The van der Waals surface area contributed by atoms with Crippen molar-refractivity contribution in [1.82, 2.24) is 0 Å². The maximum Gasteiger partial charge on any atom is 0.335 e.